The standard InChI is InChI=1S/C29H41.C13H8Cl2.C5H5.2ClH.Hf/c1-26(2,3)22-14-18-13-19-15-23(27(4,5)6)25(29(10,11)12)17-21(19)20(18)16-24(22)28(7,8)9;14-12-5-1-10(2-6-12)9-11-3-7-13(15)8-4-11;1-2-4-5-3-1;;;/h13-17H,1-12H3;1-8H;1-3H,4H2;2*1H;/q;;;;;+2/p-2. The molecule has 0 aliphatic heterocycles. The molecule has 4 aromatic carbocycles. The molecule has 0 saturated heterocycles. The minimum absolute atomic E-state index is 0. The summed E-state index contributed by atoms with van der Waals surface area (Å²) in [6, 6.07) is 27.8. The summed E-state index contributed by atoms with van der Waals surface area (Å²) < 4.78 is 3.49. The van der Waals surface area contributed by atoms with Crippen LogP contribution in [0, 0.1) is 0 Å². The summed E-state index contributed by atoms with van der Waals surface area (Å²) in [6.07, 6.45) is 8.15. The van der Waals surface area contributed by atoms with E-state index in [0.29, 0.717) is 3.67 Å². The number of hydrogen-bond acceptors (Lipinski definition) is 0. The zero-order valence-electron chi connectivity index (χ0n) is 33.0. The van der Waals surface area contributed by atoms with E-state index in [1.54, 1.807) is 3.33 Å². The molecule has 2 aliphatic rings. The molecule has 0 spiro atoms. The summed E-state index contributed by atoms with van der Waals surface area (Å²) in [5, 5.41) is 1.53. The van der Waals surface area contributed by atoms with Crippen LogP contribution in [0.1, 0.15) is 138 Å². The second-order valence-corrected chi connectivity index (χ2v) is 28.6. The van der Waals surface area contributed by atoms with Gasteiger partial charge in [0.25, 0.3) is 0 Å². The maximum Gasteiger partial charge on any atom is -1.00 e. The molecule has 0 atom stereocenters. The third-order valence-corrected chi connectivity index (χ3v) is 23.1. The fourth-order valence-corrected chi connectivity index (χ4v) is 21.3. The Bertz CT molecular complexity index is 1920. The zero-order chi connectivity index (χ0) is 36.6. The first kappa shape index (κ1) is 43.0. The van der Waals surface area contributed by atoms with Gasteiger partial charge in [0.05, 0.1) is 0 Å². The van der Waals surface area contributed by atoms with Gasteiger partial charge in [-0.25, -0.2) is 0 Å². The SMILES string of the molecule is CC(C)(C)c1cc2c(cc1C(C)(C)C)[CH]([Hf+2]([C]1=CC=CC1)=[C](c1ccc(Cl)cc1)c1ccc(Cl)cc1)c1cc(C(C)(C)C)c(C(C)(C)C)cc1-2.[Cl-].[Cl-]. The van der Waals surface area contributed by atoms with Crippen LogP contribution in [0.2, 0.25) is 10.0 Å². The van der Waals surface area contributed by atoms with Crippen LogP contribution in [0.5, 0.6) is 0 Å². The molecular weight excluding hydrogens is 885 g/mol. The van der Waals surface area contributed by atoms with E-state index < -0.39 is 21.0 Å². The molecule has 0 N–H and O–H groups in total. The van der Waals surface area contributed by atoms with E-state index in [2.05, 4.69) is 174 Å². The van der Waals surface area contributed by atoms with Crippen molar-refractivity contribution in [1.29, 1.82) is 0 Å². The minimum atomic E-state index is -3.18. The molecule has 4 aromatic rings. The molecule has 0 unspecified atom stereocenters. The average molecular weight is 939 g/mol. The van der Waals surface area contributed by atoms with Gasteiger partial charge in [-0.15, -0.1) is 0 Å². The zero-order valence-corrected chi connectivity index (χ0v) is 39.6. The number of rotatable bonds is 4. The van der Waals surface area contributed by atoms with Crippen molar-refractivity contribution in [3.63, 3.8) is 0 Å². The van der Waals surface area contributed by atoms with Gasteiger partial charge in [-0.1, -0.05) is 0 Å². The number of halogens is 4. The summed E-state index contributed by atoms with van der Waals surface area (Å²) >= 11 is 9.91. The quantitative estimate of drug-likeness (QED) is 0.182. The molecule has 0 fully saturated rings. The predicted octanol–water partition coefficient (Wildman–Crippen LogP) is 7.99. The van der Waals surface area contributed by atoms with Gasteiger partial charge in [-0.05, 0) is 0 Å². The Morgan fingerprint density at radius 3 is 1.19 bits per heavy atom. The van der Waals surface area contributed by atoms with Gasteiger partial charge in [0.15, 0.2) is 0 Å². The van der Waals surface area contributed by atoms with Crippen molar-refractivity contribution in [2.24, 2.45) is 0 Å². The maximum absolute atomic E-state index is 6.54. The van der Waals surface area contributed by atoms with E-state index in [9.17, 15) is 0 Å². The van der Waals surface area contributed by atoms with Crippen LogP contribution in [0.15, 0.2) is 94.4 Å². The fourth-order valence-electron chi connectivity index (χ4n) is 7.99. The van der Waals surface area contributed by atoms with Crippen molar-refractivity contribution in [2.45, 2.75) is 115 Å². The van der Waals surface area contributed by atoms with Crippen molar-refractivity contribution in [1.82, 2.24) is 0 Å². The topological polar surface area (TPSA) is 0 Å². The van der Waals surface area contributed by atoms with Crippen LogP contribution >= 0.6 is 23.2 Å². The second kappa shape index (κ2) is 15.4. The molecule has 52 heavy (non-hydrogen) atoms. The second-order valence-electron chi connectivity index (χ2n) is 18.5. The van der Waals surface area contributed by atoms with Crippen molar-refractivity contribution < 1.29 is 45.8 Å². The van der Waals surface area contributed by atoms with Gasteiger partial charge in [0, 0.05) is 0 Å². The molecule has 0 heterocycles. The number of benzene rings is 4. The van der Waals surface area contributed by atoms with Crippen molar-refractivity contribution in [2.75, 3.05) is 0 Å². The van der Waals surface area contributed by atoms with Crippen LogP contribution in [0.4, 0.5) is 0 Å². The van der Waals surface area contributed by atoms with Gasteiger partial charge < -0.3 is 24.8 Å². The summed E-state index contributed by atoms with van der Waals surface area (Å²) in [7, 11) is 0. The van der Waals surface area contributed by atoms with E-state index >= 15 is 0 Å². The Kier molecular flexibility index (Phi) is 12.7. The Balaban J connectivity index is 0.00000302. The molecule has 6 rings (SSSR count). The molecule has 274 valence electrons. The molecule has 0 saturated carbocycles. The molecule has 0 radical (unpaired) electrons. The normalized spacial score (nSPS) is 14.1. The maximum atomic E-state index is 6.54. The van der Waals surface area contributed by atoms with Crippen LogP contribution in [-0.2, 0) is 42.6 Å². The largest absolute Gasteiger partial charge is 1.00 e. The van der Waals surface area contributed by atoms with Crippen molar-refractivity contribution in [3.05, 3.63) is 149 Å². The first-order valence-corrected chi connectivity index (χ1v) is 24.6. The van der Waals surface area contributed by atoms with Crippen LogP contribution in [0.3, 0.4) is 0 Å². The van der Waals surface area contributed by atoms with Crippen LogP contribution in [0.25, 0.3) is 11.1 Å². The number of fused-ring (bicyclic) bond motifs is 3. The molecule has 0 aromatic heterocycles. The number of hydrogen-bond donors (Lipinski definition) is 0. The van der Waals surface area contributed by atoms with Gasteiger partial charge in [-0.2, -0.15) is 0 Å². The summed E-state index contributed by atoms with van der Waals surface area (Å²) in [5.41, 5.74) is 14.4. The van der Waals surface area contributed by atoms with Gasteiger partial charge >= 0.3 is 322 Å². The Morgan fingerprint density at radius 2 is 0.885 bits per heavy atom. The summed E-state index contributed by atoms with van der Waals surface area (Å²) in [5.74, 6) is 0. The Hall–Kier alpha value is -1.74. The smallest absolute Gasteiger partial charge is 1.00 e. The number of allylic oxidation sites excluding steroid dienone is 4. The van der Waals surface area contributed by atoms with E-state index in [0.717, 1.165) is 16.5 Å². The van der Waals surface area contributed by atoms with Crippen molar-refractivity contribution in [3.8, 4) is 11.1 Å². The molecule has 0 amide bonds. The van der Waals surface area contributed by atoms with E-state index in [1.165, 1.54) is 58.9 Å². The molecular formula is C47H54Cl4Hf. The molecule has 5 heteroatoms. The first-order valence-electron chi connectivity index (χ1n) is 18.2. The fraction of sp³-hybridized carbons (Fsp3) is 0.383. The summed E-state index contributed by atoms with van der Waals surface area (Å²) in [6.45, 7) is 28.6. The van der Waals surface area contributed by atoms with Gasteiger partial charge in [0.1, 0.15) is 0 Å². The Morgan fingerprint density at radius 1 is 0.538 bits per heavy atom. The average Bonchev–Trinajstić information content (AvgIpc) is 3.65. The third kappa shape index (κ3) is 8.40. The van der Waals surface area contributed by atoms with Crippen LogP contribution in [-0.4, -0.2) is 3.26 Å². The molecule has 0 nitrogen and oxygen atoms in total. The van der Waals surface area contributed by atoms with E-state index in [-0.39, 0.29) is 46.5 Å². The van der Waals surface area contributed by atoms with Crippen molar-refractivity contribution >= 4 is 26.5 Å². The predicted molar refractivity (Wildman–Crippen MR) is 216 cm³/mol. The monoisotopic (exact) mass is 938 g/mol. The first-order chi connectivity index (χ1) is 23.2. The minimum Gasteiger partial charge on any atom is -1.00 e. The van der Waals surface area contributed by atoms with Gasteiger partial charge in [-0.3, -0.25) is 0 Å². The summed E-state index contributed by atoms with van der Waals surface area (Å²) in [4.78, 5) is 0. The molecule has 0 bridgehead atoms. The van der Waals surface area contributed by atoms with Crippen LogP contribution < -0.4 is 24.8 Å². The van der Waals surface area contributed by atoms with E-state index in [4.69, 9.17) is 23.2 Å². The molecule has 2 aliphatic carbocycles. The Labute approximate surface area is 344 Å². The third-order valence-electron chi connectivity index (χ3n) is 10.5. The van der Waals surface area contributed by atoms with E-state index in [1.807, 2.05) is 0 Å². The van der Waals surface area contributed by atoms with Gasteiger partial charge in [0.2, 0.25) is 0 Å².